The Bertz CT molecular complexity index is 899. The Morgan fingerprint density at radius 1 is 1.00 bits per heavy atom. The fraction of sp³-hybridized carbons (Fsp3) is 0.200. The molecule has 1 aliphatic carbocycles. The molecular weight excluding hydrogens is 444 g/mol. The molecule has 0 N–H and O–H groups in total. The topological polar surface area (TPSA) is 12.4 Å². The number of benzene rings is 1. The van der Waals surface area contributed by atoms with E-state index in [0.29, 0.717) is 0 Å². The second-order valence-electron chi connectivity index (χ2n) is 6.87. The van der Waals surface area contributed by atoms with Crippen molar-refractivity contribution < 1.29 is 51.0 Å². The zero-order valence-electron chi connectivity index (χ0n) is 14.8. The summed E-state index contributed by atoms with van der Waals surface area (Å²) in [5.41, 5.74) is 5.35. The first-order chi connectivity index (χ1) is 10.5. The summed E-state index contributed by atoms with van der Waals surface area (Å²) in [6.07, 6.45) is 4.44. The molecule has 0 unspecified atom stereocenters. The molecule has 2 aromatic rings. The maximum Gasteiger partial charge on any atom is 3.00 e. The van der Waals surface area contributed by atoms with Crippen LogP contribution in [0, 0.1) is 6.92 Å². The third-order valence-electron chi connectivity index (χ3n) is 4.89. The normalized spacial score (nSPS) is 17.5. The second-order valence-corrected chi connectivity index (χ2v) is 11.2. The predicted molar refractivity (Wildman–Crippen MR) is 98.1 cm³/mol. The Labute approximate surface area is 182 Å². The average Bonchev–Trinajstić information content (AvgIpc) is 3.07. The minimum Gasteiger partial charge on any atom is -1.00 e. The fourth-order valence-electron chi connectivity index (χ4n) is 3.90. The Kier molecular flexibility index (Phi) is 7.15. The van der Waals surface area contributed by atoms with E-state index in [1.807, 2.05) is 0 Å². The van der Waals surface area contributed by atoms with E-state index in [-0.39, 0.29) is 51.0 Å². The van der Waals surface area contributed by atoms with Gasteiger partial charge in [-0.15, -0.1) is 40.6 Å². The SMILES string of the molecule is CC1=NC2=CC=C3C2=C1[Si]3(C)C.Cc1cc2ccccc2[cH-]1.[Cl-].[Cl-].[Zr+3]. The van der Waals surface area contributed by atoms with Crippen LogP contribution in [0.15, 0.2) is 75.2 Å². The van der Waals surface area contributed by atoms with Gasteiger partial charge >= 0.3 is 26.2 Å². The third-order valence-corrected chi connectivity index (χ3v) is 8.52. The number of hydrogen-bond acceptors (Lipinski definition) is 1. The summed E-state index contributed by atoms with van der Waals surface area (Å²) in [7, 11) is -1.17. The molecule has 0 saturated carbocycles. The molecule has 0 spiro atoms. The van der Waals surface area contributed by atoms with Gasteiger partial charge in [0.25, 0.3) is 0 Å². The second kappa shape index (κ2) is 7.96. The van der Waals surface area contributed by atoms with Crippen molar-refractivity contribution in [3.63, 3.8) is 0 Å². The van der Waals surface area contributed by atoms with Crippen molar-refractivity contribution in [1.82, 2.24) is 0 Å². The zero-order chi connectivity index (χ0) is 15.5. The maximum absolute atomic E-state index is 4.56. The molecule has 0 bridgehead atoms. The number of rotatable bonds is 0. The van der Waals surface area contributed by atoms with E-state index in [4.69, 9.17) is 0 Å². The molecule has 1 radical (unpaired) electrons. The van der Waals surface area contributed by atoms with Crippen LogP contribution >= 0.6 is 0 Å². The summed E-state index contributed by atoms with van der Waals surface area (Å²) in [5.74, 6) is 0. The number of aryl methyl sites for hydroxylation is 1. The fourth-order valence-corrected chi connectivity index (χ4v) is 7.21. The van der Waals surface area contributed by atoms with E-state index >= 15 is 0 Å². The van der Waals surface area contributed by atoms with Gasteiger partial charge in [-0.1, -0.05) is 32.2 Å². The van der Waals surface area contributed by atoms with Crippen molar-refractivity contribution in [3.05, 3.63) is 75.8 Å². The molecule has 5 heteroatoms. The monoisotopic (exact) mass is 462 g/mol. The van der Waals surface area contributed by atoms with Crippen LogP contribution in [-0.4, -0.2) is 13.8 Å². The van der Waals surface area contributed by atoms with E-state index in [2.05, 4.69) is 80.5 Å². The van der Waals surface area contributed by atoms with Crippen molar-refractivity contribution >= 4 is 24.6 Å². The van der Waals surface area contributed by atoms with Crippen LogP contribution in [0.2, 0.25) is 13.1 Å². The first kappa shape index (κ1) is 22.4. The molecular formula is C20H20Cl2NSiZr. The Balaban J connectivity index is 0.000000226. The van der Waals surface area contributed by atoms with Crippen LogP contribution in [-0.2, 0) is 26.2 Å². The number of fused-ring (bicyclic) bond motifs is 1. The van der Waals surface area contributed by atoms with Crippen LogP contribution in [0.3, 0.4) is 0 Å². The molecule has 0 aromatic heterocycles. The molecule has 0 fully saturated rings. The average molecular weight is 465 g/mol. The minimum absolute atomic E-state index is 0. The molecule has 0 saturated heterocycles. The van der Waals surface area contributed by atoms with Crippen molar-refractivity contribution in [2.45, 2.75) is 26.9 Å². The van der Waals surface area contributed by atoms with Gasteiger partial charge in [0.1, 0.15) is 8.07 Å². The van der Waals surface area contributed by atoms with Crippen LogP contribution in [0.4, 0.5) is 0 Å². The molecule has 2 heterocycles. The van der Waals surface area contributed by atoms with Gasteiger partial charge in [0.15, 0.2) is 0 Å². The van der Waals surface area contributed by atoms with Crippen LogP contribution < -0.4 is 24.8 Å². The molecule has 1 nitrogen and oxygen atoms in total. The van der Waals surface area contributed by atoms with Gasteiger partial charge in [0, 0.05) is 11.3 Å². The molecule has 2 aromatic carbocycles. The predicted octanol–water partition coefficient (Wildman–Crippen LogP) is -0.746. The first-order valence-corrected chi connectivity index (χ1v) is 10.8. The molecule has 2 aliphatic heterocycles. The van der Waals surface area contributed by atoms with Crippen LogP contribution in [0.5, 0.6) is 0 Å². The van der Waals surface area contributed by atoms with Gasteiger partial charge in [-0.05, 0) is 23.4 Å². The summed E-state index contributed by atoms with van der Waals surface area (Å²) < 4.78 is 0. The van der Waals surface area contributed by atoms with Gasteiger partial charge in [-0.3, -0.25) is 4.99 Å². The van der Waals surface area contributed by atoms with E-state index in [9.17, 15) is 0 Å². The van der Waals surface area contributed by atoms with Gasteiger partial charge in [0.2, 0.25) is 0 Å². The van der Waals surface area contributed by atoms with Crippen molar-refractivity contribution in [2.75, 3.05) is 0 Å². The van der Waals surface area contributed by atoms with E-state index < -0.39 is 8.07 Å². The van der Waals surface area contributed by atoms with Gasteiger partial charge in [0.05, 0.1) is 5.70 Å². The summed E-state index contributed by atoms with van der Waals surface area (Å²) in [4.78, 5) is 4.56. The van der Waals surface area contributed by atoms with Gasteiger partial charge < -0.3 is 24.8 Å². The summed E-state index contributed by atoms with van der Waals surface area (Å²) in [6.45, 7) is 9.10. The standard InChI is InChI=1S/C10H11NSi.C10H9.2ClH.Zr/c1-6-10-9-7(11-6)4-5-8(9)12(10,2)3;1-8-6-9-4-2-3-5-10(9)7-8;;;/h4-5H,1-3H3;2-7H,1H3;2*1H;/q;-1;;;+3/p-2. The Hall–Kier alpha value is -0.600. The number of nitrogens with zero attached hydrogens (tertiary/aromatic N) is 1. The van der Waals surface area contributed by atoms with Crippen molar-refractivity contribution in [2.24, 2.45) is 4.99 Å². The third kappa shape index (κ3) is 3.49. The summed E-state index contributed by atoms with van der Waals surface area (Å²) >= 11 is 0. The van der Waals surface area contributed by atoms with Crippen molar-refractivity contribution in [3.8, 4) is 0 Å². The smallest absolute Gasteiger partial charge is 1.00 e. The van der Waals surface area contributed by atoms with E-state index in [1.54, 1.807) is 10.4 Å². The van der Waals surface area contributed by atoms with E-state index in [0.717, 1.165) is 0 Å². The van der Waals surface area contributed by atoms with Crippen LogP contribution in [0.1, 0.15) is 12.5 Å². The largest absolute Gasteiger partial charge is 3.00 e. The van der Waals surface area contributed by atoms with Gasteiger partial charge in [-0.2, -0.15) is 6.07 Å². The molecule has 25 heavy (non-hydrogen) atoms. The first-order valence-electron chi connectivity index (χ1n) is 7.84. The summed E-state index contributed by atoms with van der Waals surface area (Å²) in [5, 5.41) is 5.92. The molecule has 0 amide bonds. The number of aliphatic imine (C=N–C) groups is 1. The number of hydrogen-bond donors (Lipinski definition) is 0. The molecule has 0 atom stereocenters. The number of allylic oxidation sites excluding steroid dienone is 4. The van der Waals surface area contributed by atoms with Crippen molar-refractivity contribution in [1.29, 1.82) is 0 Å². The van der Waals surface area contributed by atoms with Crippen LogP contribution in [0.25, 0.3) is 10.8 Å². The zero-order valence-corrected chi connectivity index (χ0v) is 19.8. The summed E-state index contributed by atoms with van der Waals surface area (Å²) in [6, 6.07) is 12.8. The molecule has 127 valence electrons. The molecule has 3 aliphatic rings. The van der Waals surface area contributed by atoms with Gasteiger partial charge in [-0.25, -0.2) is 0 Å². The minimum atomic E-state index is -1.17. The quantitative estimate of drug-likeness (QED) is 0.360. The maximum atomic E-state index is 4.56. The Morgan fingerprint density at radius 2 is 1.68 bits per heavy atom. The molecule has 5 rings (SSSR count). The number of halogens is 2. The van der Waals surface area contributed by atoms with E-state index in [1.165, 1.54) is 33.3 Å². The Morgan fingerprint density at radius 3 is 2.36 bits per heavy atom.